The Labute approximate surface area is 167 Å². The zero-order valence-electron chi connectivity index (χ0n) is 17.5. The van der Waals surface area contributed by atoms with Crippen LogP contribution in [-0.2, 0) is 11.3 Å². The van der Waals surface area contributed by atoms with E-state index in [1.165, 1.54) is 14.0 Å². The van der Waals surface area contributed by atoms with Crippen molar-refractivity contribution in [3.05, 3.63) is 59.7 Å². The van der Waals surface area contributed by atoms with E-state index in [4.69, 9.17) is 9.47 Å². The summed E-state index contributed by atoms with van der Waals surface area (Å²) in [6, 6.07) is 14.8. The normalized spacial score (nSPS) is 12.2. The van der Waals surface area contributed by atoms with Gasteiger partial charge < -0.3 is 14.4 Å². The van der Waals surface area contributed by atoms with Crippen LogP contribution in [0, 0.1) is 0 Å². The smallest absolute Gasteiger partial charge is 0.264 e. The summed E-state index contributed by atoms with van der Waals surface area (Å²) < 4.78 is 11.3. The van der Waals surface area contributed by atoms with Gasteiger partial charge in [0.1, 0.15) is 0 Å². The van der Waals surface area contributed by atoms with Crippen molar-refractivity contribution >= 4 is 11.7 Å². The maximum atomic E-state index is 13.2. The summed E-state index contributed by atoms with van der Waals surface area (Å²) in [5.41, 5.74) is 1.22. The lowest BCUT2D eigenvalue weighted by Crippen LogP contribution is -2.50. The molecule has 0 heterocycles. The quantitative estimate of drug-likeness (QED) is 0.661. The fourth-order valence-corrected chi connectivity index (χ4v) is 2.86. The predicted molar refractivity (Wildman–Crippen MR) is 110 cm³/mol. The molecule has 0 saturated heterocycles. The number of amides is 1. The summed E-state index contributed by atoms with van der Waals surface area (Å²) in [6.45, 7) is 9.72. The number of carbonyl (C=O) groups excluding carboxylic acids is 2. The molecule has 0 aromatic heterocycles. The highest BCUT2D eigenvalue weighted by molar-refractivity contribution is 5.94. The first-order valence-corrected chi connectivity index (χ1v) is 9.34. The first-order chi connectivity index (χ1) is 13.1. The van der Waals surface area contributed by atoms with Crippen LogP contribution in [0.3, 0.4) is 0 Å². The standard InChI is InChI=1S/C23H29NO4/c1-16(25)19-12-13-20(21(14-19)27-6)28-17(2)22(26)24(23(3,4)5)15-18-10-8-7-9-11-18/h7-14,17H,15H2,1-6H3/t17-/m0/s1. The average Bonchev–Trinajstić information content (AvgIpc) is 2.65. The fraction of sp³-hybridized carbons (Fsp3) is 0.391. The molecule has 0 unspecified atom stereocenters. The van der Waals surface area contributed by atoms with Crippen LogP contribution in [0.5, 0.6) is 11.5 Å². The second kappa shape index (κ2) is 8.91. The molecule has 5 nitrogen and oxygen atoms in total. The van der Waals surface area contributed by atoms with Crippen LogP contribution in [0.15, 0.2) is 48.5 Å². The van der Waals surface area contributed by atoms with Crippen LogP contribution in [0.4, 0.5) is 0 Å². The van der Waals surface area contributed by atoms with Crippen LogP contribution in [-0.4, -0.2) is 35.3 Å². The minimum atomic E-state index is -0.708. The summed E-state index contributed by atoms with van der Waals surface area (Å²) in [4.78, 5) is 26.6. The molecule has 5 heteroatoms. The van der Waals surface area contributed by atoms with Gasteiger partial charge in [0.05, 0.1) is 7.11 Å². The van der Waals surface area contributed by atoms with E-state index in [9.17, 15) is 9.59 Å². The van der Waals surface area contributed by atoms with Crippen molar-refractivity contribution in [2.24, 2.45) is 0 Å². The molecule has 0 fully saturated rings. The number of nitrogens with zero attached hydrogens (tertiary/aromatic N) is 1. The van der Waals surface area contributed by atoms with Gasteiger partial charge in [0, 0.05) is 17.6 Å². The lowest BCUT2D eigenvalue weighted by molar-refractivity contribution is -0.143. The summed E-state index contributed by atoms with van der Waals surface area (Å²) in [5.74, 6) is 0.685. The van der Waals surface area contributed by atoms with Crippen molar-refractivity contribution in [1.82, 2.24) is 4.90 Å². The molecule has 0 aliphatic heterocycles. The van der Waals surface area contributed by atoms with E-state index in [2.05, 4.69) is 0 Å². The summed E-state index contributed by atoms with van der Waals surface area (Å²) >= 11 is 0. The van der Waals surface area contributed by atoms with Crippen molar-refractivity contribution in [3.8, 4) is 11.5 Å². The molecule has 0 spiro atoms. The molecule has 0 saturated carbocycles. The second-order valence-corrected chi connectivity index (χ2v) is 7.76. The molecule has 1 atom stereocenters. The molecular weight excluding hydrogens is 354 g/mol. The number of hydrogen-bond donors (Lipinski definition) is 0. The number of hydrogen-bond acceptors (Lipinski definition) is 4. The first-order valence-electron chi connectivity index (χ1n) is 9.34. The highest BCUT2D eigenvalue weighted by Gasteiger charge is 2.31. The minimum Gasteiger partial charge on any atom is -0.493 e. The van der Waals surface area contributed by atoms with E-state index >= 15 is 0 Å². The molecule has 0 aliphatic carbocycles. The van der Waals surface area contributed by atoms with Crippen LogP contribution in [0.25, 0.3) is 0 Å². The Hall–Kier alpha value is -2.82. The summed E-state index contributed by atoms with van der Waals surface area (Å²) in [6.07, 6.45) is -0.708. The van der Waals surface area contributed by atoms with Gasteiger partial charge in [-0.2, -0.15) is 0 Å². The molecule has 2 rings (SSSR count). The molecule has 28 heavy (non-hydrogen) atoms. The highest BCUT2D eigenvalue weighted by atomic mass is 16.5. The first kappa shape index (κ1) is 21.5. The number of benzene rings is 2. The molecule has 150 valence electrons. The molecule has 0 N–H and O–H groups in total. The number of methoxy groups -OCH3 is 1. The van der Waals surface area contributed by atoms with E-state index in [0.29, 0.717) is 23.6 Å². The average molecular weight is 383 g/mol. The Morgan fingerprint density at radius 2 is 1.68 bits per heavy atom. The van der Waals surface area contributed by atoms with Gasteiger partial charge in [0.25, 0.3) is 5.91 Å². The van der Waals surface area contributed by atoms with Gasteiger partial charge in [-0.3, -0.25) is 9.59 Å². The monoisotopic (exact) mass is 383 g/mol. The van der Waals surface area contributed by atoms with Crippen molar-refractivity contribution in [2.75, 3.05) is 7.11 Å². The second-order valence-electron chi connectivity index (χ2n) is 7.76. The van der Waals surface area contributed by atoms with Gasteiger partial charge in [-0.1, -0.05) is 30.3 Å². The molecule has 0 aliphatic rings. The van der Waals surface area contributed by atoms with E-state index < -0.39 is 6.10 Å². The largest absolute Gasteiger partial charge is 0.493 e. The Balaban J connectivity index is 2.22. The third-order valence-electron chi connectivity index (χ3n) is 4.48. The van der Waals surface area contributed by atoms with E-state index in [1.54, 1.807) is 25.1 Å². The van der Waals surface area contributed by atoms with E-state index in [0.717, 1.165) is 5.56 Å². The van der Waals surface area contributed by atoms with Gasteiger partial charge in [0.2, 0.25) is 0 Å². The zero-order chi connectivity index (χ0) is 20.9. The number of ether oxygens (including phenoxy) is 2. The predicted octanol–water partition coefficient (Wildman–Crippen LogP) is 4.49. The maximum Gasteiger partial charge on any atom is 0.264 e. The molecule has 1 amide bonds. The van der Waals surface area contributed by atoms with E-state index in [-0.39, 0.29) is 17.2 Å². The molecule has 0 radical (unpaired) electrons. The van der Waals surface area contributed by atoms with Gasteiger partial charge in [-0.05, 0) is 58.4 Å². The van der Waals surface area contributed by atoms with Crippen molar-refractivity contribution in [3.63, 3.8) is 0 Å². The summed E-state index contributed by atoms with van der Waals surface area (Å²) in [5, 5.41) is 0. The molecule has 2 aromatic carbocycles. The fourth-order valence-electron chi connectivity index (χ4n) is 2.86. The lowest BCUT2D eigenvalue weighted by Gasteiger charge is -2.37. The Bertz CT molecular complexity index is 824. The molecular formula is C23H29NO4. The van der Waals surface area contributed by atoms with Gasteiger partial charge in [0.15, 0.2) is 23.4 Å². The van der Waals surface area contributed by atoms with Crippen LogP contribution in [0.2, 0.25) is 0 Å². The van der Waals surface area contributed by atoms with E-state index in [1.807, 2.05) is 56.0 Å². The van der Waals surface area contributed by atoms with Crippen LogP contribution < -0.4 is 9.47 Å². The SMILES string of the molecule is COc1cc(C(C)=O)ccc1O[C@@H](C)C(=O)N(Cc1ccccc1)C(C)(C)C. The topological polar surface area (TPSA) is 55.8 Å². The number of rotatable bonds is 7. The van der Waals surface area contributed by atoms with Gasteiger partial charge in [-0.15, -0.1) is 0 Å². The Morgan fingerprint density at radius 3 is 2.21 bits per heavy atom. The van der Waals surface area contributed by atoms with Gasteiger partial charge in [-0.25, -0.2) is 0 Å². The van der Waals surface area contributed by atoms with Crippen LogP contribution in [0.1, 0.15) is 50.5 Å². The van der Waals surface area contributed by atoms with Crippen molar-refractivity contribution < 1.29 is 19.1 Å². The number of ketones is 1. The third-order valence-corrected chi connectivity index (χ3v) is 4.48. The Kier molecular flexibility index (Phi) is 6.84. The number of Topliss-reactive ketones (excluding diaryl/α,β-unsaturated/α-hetero) is 1. The minimum absolute atomic E-state index is 0.0595. The summed E-state index contributed by atoms with van der Waals surface area (Å²) in [7, 11) is 1.51. The lowest BCUT2D eigenvalue weighted by atomic mass is 10.0. The van der Waals surface area contributed by atoms with Crippen molar-refractivity contribution in [1.29, 1.82) is 0 Å². The highest BCUT2D eigenvalue weighted by Crippen LogP contribution is 2.30. The van der Waals surface area contributed by atoms with Crippen LogP contribution >= 0.6 is 0 Å². The zero-order valence-corrected chi connectivity index (χ0v) is 17.5. The molecule has 0 bridgehead atoms. The molecule has 2 aromatic rings. The Morgan fingerprint density at radius 1 is 1.04 bits per heavy atom. The maximum absolute atomic E-state index is 13.2. The number of carbonyl (C=O) groups is 2. The third kappa shape index (κ3) is 5.35. The van der Waals surface area contributed by atoms with Crippen molar-refractivity contribution in [2.45, 2.75) is 52.8 Å². The van der Waals surface area contributed by atoms with Gasteiger partial charge >= 0.3 is 0 Å².